The lowest BCUT2D eigenvalue weighted by Gasteiger charge is -2.34. The Balaban J connectivity index is 1.90. The topological polar surface area (TPSA) is 82.7 Å². The lowest BCUT2D eigenvalue weighted by atomic mass is 10.2. The van der Waals surface area contributed by atoms with E-state index in [-0.39, 0.29) is 24.0 Å². The summed E-state index contributed by atoms with van der Waals surface area (Å²) >= 11 is 0. The van der Waals surface area contributed by atoms with Gasteiger partial charge in [0.1, 0.15) is 0 Å². The second-order valence-electron chi connectivity index (χ2n) is 4.59. The van der Waals surface area contributed by atoms with Crippen molar-refractivity contribution in [3.8, 4) is 0 Å². The van der Waals surface area contributed by atoms with Crippen LogP contribution in [-0.4, -0.2) is 66.5 Å². The number of hydrogen-bond acceptors (Lipinski definition) is 5. The first-order valence-electron chi connectivity index (χ1n) is 6.37. The van der Waals surface area contributed by atoms with Crippen LogP contribution in [0, 0.1) is 0 Å². The lowest BCUT2D eigenvalue weighted by molar-refractivity contribution is -0.142. The van der Waals surface area contributed by atoms with Crippen LogP contribution < -0.4 is 5.56 Å². The molecular formula is C13H17N3O4. The molecule has 1 aliphatic heterocycles. The van der Waals surface area contributed by atoms with Crippen LogP contribution in [0.15, 0.2) is 23.1 Å². The summed E-state index contributed by atoms with van der Waals surface area (Å²) in [6.07, 6.45) is 1.42. The number of pyridine rings is 1. The molecule has 1 fully saturated rings. The van der Waals surface area contributed by atoms with E-state index in [1.165, 1.54) is 25.4 Å². The summed E-state index contributed by atoms with van der Waals surface area (Å²) in [5, 5.41) is 0. The van der Waals surface area contributed by atoms with Crippen LogP contribution >= 0.6 is 0 Å². The average Bonchev–Trinajstić information content (AvgIpc) is 2.48. The first kappa shape index (κ1) is 14.3. The molecule has 1 aromatic heterocycles. The highest BCUT2D eigenvalue weighted by atomic mass is 16.5. The van der Waals surface area contributed by atoms with Crippen LogP contribution in [0.5, 0.6) is 0 Å². The number of rotatable bonds is 3. The molecule has 7 nitrogen and oxygen atoms in total. The Hall–Kier alpha value is -2.15. The zero-order valence-electron chi connectivity index (χ0n) is 11.3. The van der Waals surface area contributed by atoms with Gasteiger partial charge in [-0.1, -0.05) is 0 Å². The molecule has 1 saturated heterocycles. The minimum Gasteiger partial charge on any atom is -0.468 e. The van der Waals surface area contributed by atoms with Gasteiger partial charge in [-0.2, -0.15) is 0 Å². The zero-order valence-corrected chi connectivity index (χ0v) is 11.3. The lowest BCUT2D eigenvalue weighted by Crippen LogP contribution is -2.50. The monoisotopic (exact) mass is 279 g/mol. The molecule has 2 rings (SSSR count). The van der Waals surface area contributed by atoms with Crippen molar-refractivity contribution in [2.45, 2.75) is 0 Å². The minimum atomic E-state index is -0.273. The third kappa shape index (κ3) is 3.45. The van der Waals surface area contributed by atoms with Gasteiger partial charge in [-0.25, -0.2) is 0 Å². The summed E-state index contributed by atoms with van der Waals surface area (Å²) in [4.78, 5) is 40.5. The zero-order chi connectivity index (χ0) is 14.5. The van der Waals surface area contributed by atoms with E-state index in [1.807, 2.05) is 4.90 Å². The summed E-state index contributed by atoms with van der Waals surface area (Å²) in [6, 6.07) is 2.85. The van der Waals surface area contributed by atoms with Gasteiger partial charge in [-0.05, 0) is 6.07 Å². The molecule has 0 bridgehead atoms. The van der Waals surface area contributed by atoms with Crippen molar-refractivity contribution in [2.75, 3.05) is 39.8 Å². The van der Waals surface area contributed by atoms with Gasteiger partial charge in [-0.3, -0.25) is 19.3 Å². The molecule has 0 spiro atoms. The quantitative estimate of drug-likeness (QED) is 0.740. The Labute approximate surface area is 116 Å². The van der Waals surface area contributed by atoms with E-state index in [2.05, 4.69) is 9.72 Å². The molecule has 0 aromatic carbocycles. The van der Waals surface area contributed by atoms with E-state index >= 15 is 0 Å². The smallest absolute Gasteiger partial charge is 0.319 e. The summed E-state index contributed by atoms with van der Waals surface area (Å²) in [5.74, 6) is -0.385. The highest BCUT2D eigenvalue weighted by molar-refractivity contribution is 5.93. The number of ether oxygens (including phenoxy) is 1. The molecular weight excluding hydrogens is 262 g/mol. The maximum atomic E-state index is 12.2. The van der Waals surface area contributed by atoms with Gasteiger partial charge in [0, 0.05) is 38.4 Å². The summed E-state index contributed by atoms with van der Waals surface area (Å²) in [7, 11) is 1.36. The number of methoxy groups -OCH3 is 1. The molecule has 0 radical (unpaired) electrons. The third-order valence-electron chi connectivity index (χ3n) is 3.27. The fourth-order valence-electron chi connectivity index (χ4n) is 2.08. The maximum absolute atomic E-state index is 12.2. The average molecular weight is 279 g/mol. The van der Waals surface area contributed by atoms with Gasteiger partial charge in [0.2, 0.25) is 5.56 Å². The van der Waals surface area contributed by atoms with Gasteiger partial charge in [-0.15, -0.1) is 0 Å². The number of amides is 1. The molecule has 1 amide bonds. The van der Waals surface area contributed by atoms with Crippen molar-refractivity contribution in [1.29, 1.82) is 0 Å². The van der Waals surface area contributed by atoms with Gasteiger partial charge >= 0.3 is 5.97 Å². The first-order chi connectivity index (χ1) is 9.60. The fourth-order valence-corrected chi connectivity index (χ4v) is 2.08. The second kappa shape index (κ2) is 6.33. The van der Waals surface area contributed by atoms with Crippen LogP contribution in [0.2, 0.25) is 0 Å². The highest BCUT2D eigenvalue weighted by Gasteiger charge is 2.23. The van der Waals surface area contributed by atoms with E-state index in [9.17, 15) is 14.4 Å². The van der Waals surface area contributed by atoms with Crippen LogP contribution in [-0.2, 0) is 9.53 Å². The number of H-pyrrole nitrogens is 1. The number of aromatic nitrogens is 1. The molecule has 1 aliphatic rings. The van der Waals surface area contributed by atoms with E-state index in [0.29, 0.717) is 31.7 Å². The Morgan fingerprint density at radius 2 is 1.95 bits per heavy atom. The summed E-state index contributed by atoms with van der Waals surface area (Å²) < 4.78 is 4.61. The first-order valence-corrected chi connectivity index (χ1v) is 6.37. The Morgan fingerprint density at radius 1 is 1.25 bits per heavy atom. The van der Waals surface area contributed by atoms with Crippen LogP contribution in [0.25, 0.3) is 0 Å². The molecule has 1 aromatic rings. The number of nitrogens with one attached hydrogen (secondary N) is 1. The highest BCUT2D eigenvalue weighted by Crippen LogP contribution is 2.07. The van der Waals surface area contributed by atoms with Crippen LogP contribution in [0.3, 0.4) is 0 Å². The molecule has 0 unspecified atom stereocenters. The molecule has 2 heterocycles. The normalized spacial score (nSPS) is 15.9. The number of piperazine rings is 1. The number of esters is 1. The van der Waals surface area contributed by atoms with Crippen molar-refractivity contribution < 1.29 is 14.3 Å². The Morgan fingerprint density at radius 3 is 2.50 bits per heavy atom. The van der Waals surface area contributed by atoms with Crippen molar-refractivity contribution in [3.05, 3.63) is 34.2 Å². The molecule has 20 heavy (non-hydrogen) atoms. The fraction of sp³-hybridized carbons (Fsp3) is 0.462. The maximum Gasteiger partial charge on any atom is 0.319 e. The number of carbonyl (C=O) groups excluding carboxylic acids is 2. The van der Waals surface area contributed by atoms with Crippen molar-refractivity contribution in [2.24, 2.45) is 0 Å². The number of hydrogen-bond donors (Lipinski definition) is 1. The standard InChI is InChI=1S/C13H17N3O4/c1-20-12(18)9-15-4-6-16(7-5-15)13(19)10-2-3-11(17)14-8-10/h2-3,8H,4-7,9H2,1H3,(H,14,17). The van der Waals surface area contributed by atoms with Crippen LogP contribution in [0.4, 0.5) is 0 Å². The van der Waals surface area contributed by atoms with E-state index in [4.69, 9.17) is 0 Å². The number of carbonyl (C=O) groups is 2. The third-order valence-corrected chi connectivity index (χ3v) is 3.27. The van der Waals surface area contributed by atoms with Crippen molar-refractivity contribution >= 4 is 11.9 Å². The van der Waals surface area contributed by atoms with Gasteiger partial charge < -0.3 is 14.6 Å². The summed E-state index contributed by atoms with van der Waals surface area (Å²) in [6.45, 7) is 2.61. The van der Waals surface area contributed by atoms with E-state index < -0.39 is 0 Å². The molecule has 7 heteroatoms. The predicted octanol–water partition coefficient (Wildman–Crippen LogP) is -0.694. The van der Waals surface area contributed by atoms with Gasteiger partial charge in [0.05, 0.1) is 19.2 Å². The Bertz CT molecular complexity index is 526. The largest absolute Gasteiger partial charge is 0.468 e. The molecule has 108 valence electrons. The van der Waals surface area contributed by atoms with Gasteiger partial charge in [0.15, 0.2) is 0 Å². The number of aromatic amines is 1. The Kier molecular flexibility index (Phi) is 4.52. The molecule has 0 atom stereocenters. The van der Waals surface area contributed by atoms with Gasteiger partial charge in [0.25, 0.3) is 5.91 Å². The SMILES string of the molecule is COC(=O)CN1CCN(C(=O)c2ccc(=O)[nH]c2)CC1. The molecule has 1 N–H and O–H groups in total. The van der Waals surface area contributed by atoms with Crippen molar-refractivity contribution in [3.63, 3.8) is 0 Å². The van der Waals surface area contributed by atoms with Crippen LogP contribution in [0.1, 0.15) is 10.4 Å². The second-order valence-corrected chi connectivity index (χ2v) is 4.59. The summed E-state index contributed by atoms with van der Waals surface area (Å²) in [5.41, 5.74) is 0.232. The number of nitrogens with zero attached hydrogens (tertiary/aromatic N) is 2. The molecule has 0 aliphatic carbocycles. The molecule has 0 saturated carbocycles. The predicted molar refractivity (Wildman–Crippen MR) is 71.4 cm³/mol. The van der Waals surface area contributed by atoms with E-state index in [1.54, 1.807) is 4.90 Å². The van der Waals surface area contributed by atoms with Crippen molar-refractivity contribution in [1.82, 2.24) is 14.8 Å². The minimum absolute atomic E-state index is 0.112. The van der Waals surface area contributed by atoms with E-state index in [0.717, 1.165) is 0 Å².